The van der Waals surface area contributed by atoms with Crippen LogP contribution in [0.3, 0.4) is 0 Å². The number of thiophene rings is 1. The first-order chi connectivity index (χ1) is 15.4. The molecule has 2 aromatic rings. The largest absolute Gasteiger partial charge is 0.481 e. The first-order valence-corrected chi connectivity index (χ1v) is 11.9. The van der Waals surface area contributed by atoms with Crippen molar-refractivity contribution in [2.45, 2.75) is 45.6 Å². The summed E-state index contributed by atoms with van der Waals surface area (Å²) in [4.78, 5) is 40.7. The summed E-state index contributed by atoms with van der Waals surface area (Å²) in [5.74, 6) is 0.140. The number of aryl methyl sites for hydroxylation is 1. The predicted molar refractivity (Wildman–Crippen MR) is 123 cm³/mol. The molecule has 1 N–H and O–H groups in total. The van der Waals surface area contributed by atoms with Crippen molar-refractivity contribution < 1.29 is 23.9 Å². The van der Waals surface area contributed by atoms with Crippen LogP contribution in [0.15, 0.2) is 24.3 Å². The Hall–Kier alpha value is -2.71. The Bertz CT molecular complexity index is 1010. The Morgan fingerprint density at radius 2 is 1.78 bits per heavy atom. The number of Topliss-reactive ketones (excluding diaryl/α,β-unsaturated/α-hetero) is 1. The number of hydrogen-bond donors (Lipinski definition) is 1. The minimum absolute atomic E-state index is 0.0264. The summed E-state index contributed by atoms with van der Waals surface area (Å²) in [7, 11) is 0. The van der Waals surface area contributed by atoms with E-state index in [2.05, 4.69) is 5.32 Å². The van der Waals surface area contributed by atoms with Gasteiger partial charge < -0.3 is 19.7 Å². The van der Waals surface area contributed by atoms with E-state index in [-0.39, 0.29) is 17.6 Å². The lowest BCUT2D eigenvalue weighted by Crippen LogP contribution is -2.41. The molecule has 8 heteroatoms. The fraction of sp³-hybridized carbons (Fsp3) is 0.458. The highest BCUT2D eigenvalue weighted by Gasteiger charge is 2.30. The monoisotopic (exact) mass is 456 g/mol. The molecule has 1 aliphatic heterocycles. The van der Waals surface area contributed by atoms with E-state index in [1.807, 2.05) is 4.90 Å². The number of carbonyl (C=O) groups is 3. The van der Waals surface area contributed by atoms with Gasteiger partial charge in [0.1, 0.15) is 10.8 Å². The standard InChI is InChI=1S/C24H28N2O5S/c1-15(27)17-7-9-18(10-8-17)31-16(2)22(28)25-23-21(19-5-3-4-6-20(19)32-23)24(29)26-11-13-30-14-12-26/h7-10,16H,3-6,11-14H2,1-2H3,(H,25,28). The third kappa shape index (κ3) is 4.86. The molecule has 2 aliphatic rings. The number of benzene rings is 1. The SMILES string of the molecule is CC(=O)c1ccc(OC(C)C(=O)Nc2sc3c(c2C(=O)N2CCOCC2)CCCC3)cc1. The number of anilines is 1. The molecule has 1 aliphatic carbocycles. The van der Waals surface area contributed by atoms with Crippen molar-refractivity contribution in [3.63, 3.8) is 0 Å². The highest BCUT2D eigenvalue weighted by Crippen LogP contribution is 2.39. The molecule has 1 saturated heterocycles. The number of ether oxygens (including phenoxy) is 2. The quantitative estimate of drug-likeness (QED) is 0.670. The maximum atomic E-state index is 13.3. The number of nitrogens with one attached hydrogen (secondary N) is 1. The number of ketones is 1. The predicted octanol–water partition coefficient (Wildman–Crippen LogP) is 3.71. The zero-order valence-electron chi connectivity index (χ0n) is 18.4. The van der Waals surface area contributed by atoms with Crippen molar-refractivity contribution in [2.75, 3.05) is 31.6 Å². The number of nitrogens with zero attached hydrogens (tertiary/aromatic N) is 1. The van der Waals surface area contributed by atoms with Gasteiger partial charge in [0, 0.05) is 23.5 Å². The lowest BCUT2D eigenvalue weighted by molar-refractivity contribution is -0.122. The molecule has 2 heterocycles. The van der Waals surface area contributed by atoms with E-state index in [0.29, 0.717) is 48.2 Å². The Morgan fingerprint density at radius 3 is 2.47 bits per heavy atom. The van der Waals surface area contributed by atoms with E-state index < -0.39 is 6.10 Å². The summed E-state index contributed by atoms with van der Waals surface area (Å²) >= 11 is 1.51. The molecular formula is C24H28N2O5S. The Kier molecular flexibility index (Phi) is 6.91. The van der Waals surface area contributed by atoms with Gasteiger partial charge in [-0.2, -0.15) is 0 Å². The topological polar surface area (TPSA) is 84.9 Å². The summed E-state index contributed by atoms with van der Waals surface area (Å²) in [5, 5.41) is 3.57. The van der Waals surface area contributed by atoms with Gasteiger partial charge in [0.15, 0.2) is 11.9 Å². The minimum atomic E-state index is -0.761. The molecule has 2 amide bonds. The van der Waals surface area contributed by atoms with Gasteiger partial charge in [0.05, 0.1) is 18.8 Å². The normalized spacial score (nSPS) is 16.8. The van der Waals surface area contributed by atoms with Crippen LogP contribution in [0.4, 0.5) is 5.00 Å². The van der Waals surface area contributed by atoms with Gasteiger partial charge in [-0.3, -0.25) is 14.4 Å². The summed E-state index contributed by atoms with van der Waals surface area (Å²) in [5.41, 5.74) is 2.31. The molecule has 0 radical (unpaired) electrons. The molecule has 4 rings (SSSR count). The van der Waals surface area contributed by atoms with E-state index >= 15 is 0 Å². The molecule has 170 valence electrons. The van der Waals surface area contributed by atoms with Gasteiger partial charge in [-0.15, -0.1) is 11.3 Å². The second-order valence-corrected chi connectivity index (χ2v) is 9.25. The number of hydrogen-bond acceptors (Lipinski definition) is 6. The maximum Gasteiger partial charge on any atom is 0.265 e. The zero-order valence-corrected chi connectivity index (χ0v) is 19.3. The maximum absolute atomic E-state index is 13.3. The minimum Gasteiger partial charge on any atom is -0.481 e. The molecular weight excluding hydrogens is 428 g/mol. The smallest absolute Gasteiger partial charge is 0.265 e. The van der Waals surface area contributed by atoms with E-state index in [0.717, 1.165) is 31.2 Å². The van der Waals surface area contributed by atoms with Crippen LogP contribution in [0.25, 0.3) is 0 Å². The van der Waals surface area contributed by atoms with Gasteiger partial charge in [-0.05, 0) is 69.4 Å². The van der Waals surface area contributed by atoms with Crippen LogP contribution >= 0.6 is 11.3 Å². The van der Waals surface area contributed by atoms with E-state index in [4.69, 9.17) is 9.47 Å². The Balaban J connectivity index is 1.51. The second kappa shape index (κ2) is 9.83. The van der Waals surface area contributed by atoms with Crippen LogP contribution in [0, 0.1) is 0 Å². The van der Waals surface area contributed by atoms with Gasteiger partial charge >= 0.3 is 0 Å². The van der Waals surface area contributed by atoms with Crippen molar-refractivity contribution in [1.29, 1.82) is 0 Å². The first-order valence-electron chi connectivity index (χ1n) is 11.0. The second-order valence-electron chi connectivity index (χ2n) is 8.15. The highest BCUT2D eigenvalue weighted by atomic mass is 32.1. The van der Waals surface area contributed by atoms with Crippen molar-refractivity contribution in [3.05, 3.63) is 45.8 Å². The summed E-state index contributed by atoms with van der Waals surface area (Å²) < 4.78 is 11.2. The van der Waals surface area contributed by atoms with Crippen molar-refractivity contribution in [1.82, 2.24) is 4.90 Å². The number of morpholine rings is 1. The number of amides is 2. The molecule has 1 aromatic heterocycles. The van der Waals surface area contributed by atoms with Gasteiger partial charge in [0.2, 0.25) is 0 Å². The van der Waals surface area contributed by atoms with E-state index in [9.17, 15) is 14.4 Å². The molecule has 1 fully saturated rings. The molecule has 1 atom stereocenters. The zero-order chi connectivity index (χ0) is 22.7. The Labute approximate surface area is 191 Å². The fourth-order valence-corrected chi connectivity index (χ4v) is 5.33. The summed E-state index contributed by atoms with van der Waals surface area (Å²) in [6.45, 7) is 5.37. The molecule has 1 unspecified atom stereocenters. The average molecular weight is 457 g/mol. The first kappa shape index (κ1) is 22.5. The summed E-state index contributed by atoms with van der Waals surface area (Å²) in [6.07, 6.45) is 3.19. The third-order valence-electron chi connectivity index (χ3n) is 5.86. The van der Waals surface area contributed by atoms with Crippen LogP contribution in [-0.4, -0.2) is 54.9 Å². The van der Waals surface area contributed by atoms with Crippen LogP contribution in [-0.2, 0) is 22.4 Å². The Morgan fingerprint density at radius 1 is 1.09 bits per heavy atom. The highest BCUT2D eigenvalue weighted by molar-refractivity contribution is 7.17. The third-order valence-corrected chi connectivity index (χ3v) is 7.07. The number of rotatable bonds is 6. The van der Waals surface area contributed by atoms with Gasteiger partial charge in [-0.1, -0.05) is 0 Å². The molecule has 7 nitrogen and oxygen atoms in total. The molecule has 0 spiro atoms. The van der Waals surface area contributed by atoms with Crippen molar-refractivity contribution >= 4 is 33.9 Å². The van der Waals surface area contributed by atoms with E-state index in [1.165, 1.54) is 23.1 Å². The fourth-order valence-electron chi connectivity index (χ4n) is 4.04. The lowest BCUT2D eigenvalue weighted by atomic mass is 9.95. The number of fused-ring (bicyclic) bond motifs is 1. The van der Waals surface area contributed by atoms with Crippen LogP contribution in [0.5, 0.6) is 5.75 Å². The lowest BCUT2D eigenvalue weighted by Gasteiger charge is -2.28. The van der Waals surface area contributed by atoms with Crippen molar-refractivity contribution in [2.24, 2.45) is 0 Å². The van der Waals surface area contributed by atoms with Gasteiger partial charge in [-0.25, -0.2) is 0 Å². The summed E-state index contributed by atoms with van der Waals surface area (Å²) in [6, 6.07) is 6.71. The van der Waals surface area contributed by atoms with Crippen LogP contribution < -0.4 is 10.1 Å². The van der Waals surface area contributed by atoms with Gasteiger partial charge in [0.25, 0.3) is 11.8 Å². The van der Waals surface area contributed by atoms with Crippen molar-refractivity contribution in [3.8, 4) is 5.75 Å². The van der Waals surface area contributed by atoms with Crippen LogP contribution in [0.2, 0.25) is 0 Å². The number of carbonyl (C=O) groups excluding carboxylic acids is 3. The van der Waals surface area contributed by atoms with E-state index in [1.54, 1.807) is 31.2 Å². The van der Waals surface area contributed by atoms with Crippen LogP contribution in [0.1, 0.15) is 57.8 Å². The molecule has 32 heavy (non-hydrogen) atoms. The molecule has 0 bridgehead atoms. The molecule has 1 aromatic carbocycles. The average Bonchev–Trinajstić information content (AvgIpc) is 3.17. The molecule has 0 saturated carbocycles.